The van der Waals surface area contributed by atoms with Crippen LogP contribution in [-0.4, -0.2) is 19.6 Å². The molecule has 1 aliphatic rings. The molecule has 0 aromatic heterocycles. The molecule has 0 spiro atoms. The van der Waals surface area contributed by atoms with Crippen LogP contribution in [0.2, 0.25) is 0 Å². The van der Waals surface area contributed by atoms with Crippen molar-refractivity contribution >= 4 is 11.9 Å². The smallest absolute Gasteiger partial charge is 0.0228 e. The summed E-state index contributed by atoms with van der Waals surface area (Å²) in [4.78, 5) is 1.28. The Hall–Kier alpha value is -1.03. The zero-order chi connectivity index (χ0) is 14.8. The van der Waals surface area contributed by atoms with E-state index in [0.29, 0.717) is 0 Å². The Labute approximate surface area is 133 Å². The third-order valence-corrected chi connectivity index (χ3v) is 4.41. The third kappa shape index (κ3) is 6.98. The molecule has 0 saturated heterocycles. The fourth-order valence-corrected chi connectivity index (χ4v) is 2.94. The average Bonchev–Trinajstić information content (AvgIpc) is 2.53. The van der Waals surface area contributed by atoms with Crippen LogP contribution in [0.25, 0.3) is 0 Å². The van der Waals surface area contributed by atoms with Gasteiger partial charge in [0.1, 0.15) is 0 Å². The summed E-state index contributed by atoms with van der Waals surface area (Å²) >= 11 is 1.71. The predicted molar refractivity (Wildman–Crippen MR) is 93.6 cm³/mol. The van der Waals surface area contributed by atoms with Gasteiger partial charge in [-0.05, 0) is 63.2 Å². The molecule has 0 unspecified atom stereocenters. The van der Waals surface area contributed by atoms with E-state index in [9.17, 15) is 0 Å². The second-order valence-corrected chi connectivity index (χ2v) is 6.40. The number of hydrogen-bond donors (Lipinski definition) is 2. The minimum atomic E-state index is 0.990. The Morgan fingerprint density at radius 2 is 1.90 bits per heavy atom. The molecule has 21 heavy (non-hydrogen) atoms. The van der Waals surface area contributed by atoms with E-state index in [1.54, 1.807) is 17.5 Å². The Morgan fingerprint density at radius 3 is 2.67 bits per heavy atom. The number of benzene rings is 1. The van der Waals surface area contributed by atoms with Crippen LogP contribution in [0.3, 0.4) is 0 Å². The molecule has 1 aliphatic carbocycles. The van der Waals surface area contributed by atoms with Gasteiger partial charge in [0.15, 0.2) is 0 Å². The van der Waals surface area contributed by atoms with Gasteiger partial charge in [-0.1, -0.05) is 41.5 Å². The maximum absolute atomic E-state index is 3.50. The van der Waals surface area contributed by atoms with Crippen LogP contribution in [-0.2, 0) is 0 Å². The van der Waals surface area contributed by atoms with Gasteiger partial charge >= 0.3 is 0 Å². The highest BCUT2D eigenvalue weighted by Gasteiger charge is 1.98. The molecule has 0 atom stereocenters. The molecule has 2 N–H and O–H groups in total. The van der Waals surface area contributed by atoms with Crippen molar-refractivity contribution in [1.29, 1.82) is 0 Å². The lowest BCUT2D eigenvalue weighted by atomic mass is 10.0. The van der Waals surface area contributed by atoms with E-state index in [-0.39, 0.29) is 0 Å². The lowest BCUT2D eigenvalue weighted by Crippen LogP contribution is -2.24. The van der Waals surface area contributed by atoms with Crippen LogP contribution in [0.15, 0.2) is 53.0 Å². The van der Waals surface area contributed by atoms with E-state index in [4.69, 9.17) is 0 Å². The summed E-state index contributed by atoms with van der Waals surface area (Å²) in [5.74, 6) is 0. The maximum atomic E-state index is 3.50. The highest BCUT2D eigenvalue weighted by Crippen LogP contribution is 2.16. The first-order chi connectivity index (χ1) is 10.3. The van der Waals surface area contributed by atoms with Gasteiger partial charge in [-0.3, -0.25) is 4.72 Å². The molecule has 1 aromatic carbocycles. The molecule has 0 fully saturated rings. The number of allylic oxidation sites excluding steroid dienone is 4. The van der Waals surface area contributed by atoms with Gasteiger partial charge in [-0.15, -0.1) is 0 Å². The second kappa shape index (κ2) is 9.82. The molecule has 114 valence electrons. The quantitative estimate of drug-likeness (QED) is 0.405. The monoisotopic (exact) mass is 302 g/mol. The highest BCUT2D eigenvalue weighted by molar-refractivity contribution is 7.97. The summed E-state index contributed by atoms with van der Waals surface area (Å²) in [6, 6.07) is 8.62. The van der Waals surface area contributed by atoms with Crippen molar-refractivity contribution in [1.82, 2.24) is 10.0 Å². The minimum Gasteiger partial charge on any atom is -0.315 e. The molecule has 2 nitrogen and oxygen atoms in total. The summed E-state index contributed by atoms with van der Waals surface area (Å²) in [6.45, 7) is 5.24. The first-order valence-corrected chi connectivity index (χ1v) is 8.66. The average molecular weight is 302 g/mol. The fraction of sp³-hybridized carbons (Fsp3) is 0.444. The molecule has 1 aromatic rings. The lowest BCUT2D eigenvalue weighted by Gasteiger charge is -2.09. The number of aryl methyl sites for hydroxylation is 1. The summed E-state index contributed by atoms with van der Waals surface area (Å²) in [5, 5.41) is 3.50. The van der Waals surface area contributed by atoms with Crippen LogP contribution < -0.4 is 10.0 Å². The summed E-state index contributed by atoms with van der Waals surface area (Å²) in [7, 11) is 0. The zero-order valence-electron chi connectivity index (χ0n) is 12.9. The van der Waals surface area contributed by atoms with E-state index in [0.717, 1.165) is 32.5 Å². The van der Waals surface area contributed by atoms with Crippen LogP contribution >= 0.6 is 11.9 Å². The SMILES string of the molecule is Cc1ccc(SNCCNCCCC2=CCC=CC2)cc1. The topological polar surface area (TPSA) is 24.1 Å². The first kappa shape index (κ1) is 16.3. The van der Waals surface area contributed by atoms with Crippen molar-refractivity contribution in [2.45, 2.75) is 37.5 Å². The molecule has 0 amide bonds. The number of nitrogens with one attached hydrogen (secondary N) is 2. The molecule has 0 radical (unpaired) electrons. The van der Waals surface area contributed by atoms with E-state index in [1.807, 2.05) is 0 Å². The van der Waals surface area contributed by atoms with Gasteiger partial charge in [0.25, 0.3) is 0 Å². The van der Waals surface area contributed by atoms with Gasteiger partial charge in [0, 0.05) is 18.0 Å². The largest absolute Gasteiger partial charge is 0.315 e. The van der Waals surface area contributed by atoms with Crippen molar-refractivity contribution in [3.63, 3.8) is 0 Å². The van der Waals surface area contributed by atoms with E-state index in [1.165, 1.54) is 23.3 Å². The zero-order valence-corrected chi connectivity index (χ0v) is 13.7. The fourth-order valence-electron chi connectivity index (χ4n) is 2.30. The van der Waals surface area contributed by atoms with Crippen molar-refractivity contribution in [2.75, 3.05) is 19.6 Å². The molecular weight excluding hydrogens is 276 g/mol. The Kier molecular flexibility index (Phi) is 7.65. The van der Waals surface area contributed by atoms with Crippen molar-refractivity contribution in [3.05, 3.63) is 53.6 Å². The Bertz CT molecular complexity index is 463. The second-order valence-electron chi connectivity index (χ2n) is 5.44. The molecule has 3 heteroatoms. The number of rotatable bonds is 9. The van der Waals surface area contributed by atoms with Crippen molar-refractivity contribution in [3.8, 4) is 0 Å². The molecule has 0 aliphatic heterocycles. The van der Waals surface area contributed by atoms with Gasteiger partial charge < -0.3 is 5.32 Å². The Balaban J connectivity index is 1.43. The predicted octanol–water partition coefficient (Wildman–Crippen LogP) is 4.24. The van der Waals surface area contributed by atoms with Gasteiger partial charge in [0.2, 0.25) is 0 Å². The molecular formula is C18H26N2S. The Morgan fingerprint density at radius 1 is 1.05 bits per heavy atom. The molecule has 0 saturated carbocycles. The van der Waals surface area contributed by atoms with E-state index >= 15 is 0 Å². The lowest BCUT2D eigenvalue weighted by molar-refractivity contribution is 0.640. The third-order valence-electron chi connectivity index (χ3n) is 3.56. The highest BCUT2D eigenvalue weighted by atomic mass is 32.2. The minimum absolute atomic E-state index is 0.990. The molecule has 0 bridgehead atoms. The van der Waals surface area contributed by atoms with Gasteiger partial charge in [-0.25, -0.2) is 0 Å². The molecule has 2 rings (SSSR count). The van der Waals surface area contributed by atoms with Crippen LogP contribution in [0.5, 0.6) is 0 Å². The van der Waals surface area contributed by atoms with Crippen LogP contribution in [0.1, 0.15) is 31.2 Å². The van der Waals surface area contributed by atoms with E-state index in [2.05, 4.69) is 59.5 Å². The van der Waals surface area contributed by atoms with Gasteiger partial charge in [0.05, 0.1) is 0 Å². The summed E-state index contributed by atoms with van der Waals surface area (Å²) in [5.41, 5.74) is 2.91. The normalized spacial score (nSPS) is 14.2. The van der Waals surface area contributed by atoms with Crippen molar-refractivity contribution < 1.29 is 0 Å². The van der Waals surface area contributed by atoms with Crippen LogP contribution in [0.4, 0.5) is 0 Å². The van der Waals surface area contributed by atoms with Gasteiger partial charge in [-0.2, -0.15) is 0 Å². The standard InChI is InChI=1S/C18H26N2S/c1-16-9-11-18(12-10-16)21-20-15-14-19-13-5-8-17-6-3-2-4-7-17/h2-3,7,9-12,19-20H,4-6,8,13-15H2,1H3. The number of hydrogen-bond acceptors (Lipinski definition) is 3. The first-order valence-electron chi connectivity index (χ1n) is 7.84. The summed E-state index contributed by atoms with van der Waals surface area (Å²) in [6.07, 6.45) is 11.7. The summed E-state index contributed by atoms with van der Waals surface area (Å²) < 4.78 is 3.40. The maximum Gasteiger partial charge on any atom is 0.0228 e. The van der Waals surface area contributed by atoms with Crippen LogP contribution in [0, 0.1) is 6.92 Å². The molecule has 0 heterocycles. The van der Waals surface area contributed by atoms with E-state index < -0.39 is 0 Å². The van der Waals surface area contributed by atoms with Crippen molar-refractivity contribution in [2.24, 2.45) is 0 Å².